The predicted molar refractivity (Wildman–Crippen MR) is 94.1 cm³/mol. The molecular weight excluding hydrogens is 322 g/mol. The molecule has 0 spiro atoms. The Hall–Kier alpha value is -2.28. The molecule has 1 aliphatic carbocycles. The minimum Gasteiger partial charge on any atom is -0.300 e. The van der Waals surface area contributed by atoms with E-state index in [1.165, 1.54) is 43.4 Å². The van der Waals surface area contributed by atoms with E-state index >= 15 is 0 Å². The first kappa shape index (κ1) is 15.3. The minimum atomic E-state index is -0.130. The van der Waals surface area contributed by atoms with Crippen molar-refractivity contribution in [2.24, 2.45) is 0 Å². The van der Waals surface area contributed by atoms with Gasteiger partial charge in [-0.25, -0.2) is 9.67 Å². The monoisotopic (exact) mass is 341 g/mol. The number of carbonyl (C=O) groups is 1. The summed E-state index contributed by atoms with van der Waals surface area (Å²) >= 11 is 1.48. The summed E-state index contributed by atoms with van der Waals surface area (Å²) in [5.41, 5.74) is 1.92. The summed E-state index contributed by atoms with van der Waals surface area (Å²) in [4.78, 5) is 16.6. The average Bonchev–Trinajstić information content (AvgIpc) is 3.21. The van der Waals surface area contributed by atoms with Gasteiger partial charge in [0.05, 0.1) is 15.9 Å². The van der Waals surface area contributed by atoms with E-state index in [0.717, 1.165) is 15.9 Å². The highest BCUT2D eigenvalue weighted by Crippen LogP contribution is 2.31. The van der Waals surface area contributed by atoms with Crippen LogP contribution in [0.5, 0.6) is 0 Å². The molecule has 2 heterocycles. The van der Waals surface area contributed by atoms with E-state index in [0.29, 0.717) is 11.0 Å². The van der Waals surface area contributed by atoms with Crippen molar-refractivity contribution in [3.63, 3.8) is 0 Å². The zero-order valence-corrected chi connectivity index (χ0v) is 14.1. The highest BCUT2D eigenvalue weighted by Gasteiger charge is 2.19. The summed E-state index contributed by atoms with van der Waals surface area (Å²) in [7, 11) is 0. The highest BCUT2D eigenvalue weighted by atomic mass is 32.1. The van der Waals surface area contributed by atoms with Crippen molar-refractivity contribution in [1.82, 2.24) is 20.0 Å². The Morgan fingerprint density at radius 2 is 2.08 bits per heavy atom. The number of rotatable bonds is 4. The fraction of sp³-hybridized carbons (Fsp3) is 0.412. The van der Waals surface area contributed by atoms with E-state index in [4.69, 9.17) is 0 Å². The van der Waals surface area contributed by atoms with Gasteiger partial charge >= 0.3 is 0 Å². The second-order valence-electron chi connectivity index (χ2n) is 6.21. The molecule has 3 aromatic rings. The number of nitrogens with one attached hydrogen (secondary N) is 1. The van der Waals surface area contributed by atoms with E-state index in [1.54, 1.807) is 4.68 Å². The Morgan fingerprint density at radius 1 is 1.25 bits per heavy atom. The molecule has 0 radical (unpaired) electrons. The smallest absolute Gasteiger partial charge is 0.247 e. The van der Waals surface area contributed by atoms with E-state index < -0.39 is 0 Å². The van der Waals surface area contributed by atoms with Gasteiger partial charge in [-0.3, -0.25) is 4.79 Å². The van der Waals surface area contributed by atoms with Gasteiger partial charge in [-0.05, 0) is 25.0 Å². The summed E-state index contributed by atoms with van der Waals surface area (Å²) in [5, 5.41) is 11.8. The van der Waals surface area contributed by atoms with Gasteiger partial charge in [0.1, 0.15) is 6.54 Å². The van der Waals surface area contributed by atoms with E-state index in [2.05, 4.69) is 20.6 Å². The van der Waals surface area contributed by atoms with Crippen molar-refractivity contribution < 1.29 is 4.79 Å². The molecule has 2 aromatic heterocycles. The number of fused-ring (bicyclic) bond motifs is 1. The fourth-order valence-corrected chi connectivity index (χ4v) is 4.09. The lowest BCUT2D eigenvalue weighted by Crippen LogP contribution is -2.19. The maximum atomic E-state index is 12.2. The van der Waals surface area contributed by atoms with Crippen molar-refractivity contribution in [3.05, 3.63) is 36.2 Å². The predicted octanol–water partition coefficient (Wildman–Crippen LogP) is 3.57. The van der Waals surface area contributed by atoms with Gasteiger partial charge < -0.3 is 5.32 Å². The molecule has 1 N–H and O–H groups in total. The van der Waals surface area contributed by atoms with Crippen LogP contribution in [0.1, 0.15) is 43.7 Å². The Labute approximate surface area is 143 Å². The molecule has 0 aliphatic heterocycles. The largest absolute Gasteiger partial charge is 0.300 e. The zero-order valence-electron chi connectivity index (χ0n) is 13.3. The number of carbonyl (C=O) groups excluding carboxylic acids is 1. The molecular formula is C17H19N5OS. The number of amides is 1. The van der Waals surface area contributed by atoms with Crippen LogP contribution in [0, 0.1) is 0 Å². The summed E-state index contributed by atoms with van der Waals surface area (Å²) in [6.45, 7) is 0.162. The Bertz CT molecular complexity index is 816. The Kier molecular flexibility index (Phi) is 4.25. The van der Waals surface area contributed by atoms with Gasteiger partial charge in [0.15, 0.2) is 5.13 Å². The van der Waals surface area contributed by atoms with Crippen molar-refractivity contribution >= 4 is 32.6 Å². The van der Waals surface area contributed by atoms with Crippen LogP contribution in [-0.4, -0.2) is 25.9 Å². The lowest BCUT2D eigenvalue weighted by Gasteiger charge is -2.18. The first-order valence-corrected chi connectivity index (χ1v) is 9.15. The van der Waals surface area contributed by atoms with Crippen LogP contribution < -0.4 is 5.32 Å². The summed E-state index contributed by atoms with van der Waals surface area (Å²) in [6.07, 6.45) is 8.10. The highest BCUT2D eigenvalue weighted by molar-refractivity contribution is 7.22. The van der Waals surface area contributed by atoms with Crippen LogP contribution in [0.4, 0.5) is 5.13 Å². The van der Waals surface area contributed by atoms with Crippen LogP contribution in [0.15, 0.2) is 30.5 Å². The molecule has 124 valence electrons. The molecule has 1 amide bonds. The number of hydrogen-bond donors (Lipinski definition) is 1. The van der Waals surface area contributed by atoms with Gasteiger partial charge in [-0.15, -0.1) is 5.10 Å². The van der Waals surface area contributed by atoms with Crippen molar-refractivity contribution in [2.45, 2.75) is 44.6 Å². The quantitative estimate of drug-likeness (QED) is 0.787. The molecule has 6 nitrogen and oxygen atoms in total. The molecule has 4 rings (SSSR count). The van der Waals surface area contributed by atoms with Crippen LogP contribution >= 0.6 is 11.3 Å². The maximum absolute atomic E-state index is 12.2. The molecule has 0 atom stereocenters. The standard InChI is InChI=1S/C17H19N5OS/c23-16(19-17-18-13-8-4-5-9-15(13)24-17)11-22-10-14(20-21-22)12-6-2-1-3-7-12/h4-5,8-10,12H,1-3,6-7,11H2,(H,18,19,23). The summed E-state index contributed by atoms with van der Waals surface area (Å²) in [6, 6.07) is 7.84. The SMILES string of the molecule is O=C(Cn1cc(C2CCCCC2)nn1)Nc1nc2ccccc2s1. The van der Waals surface area contributed by atoms with Gasteiger partial charge in [0.25, 0.3) is 0 Å². The number of para-hydroxylation sites is 1. The number of benzene rings is 1. The fourth-order valence-electron chi connectivity index (χ4n) is 3.21. The van der Waals surface area contributed by atoms with Crippen molar-refractivity contribution in [3.8, 4) is 0 Å². The van der Waals surface area contributed by atoms with Gasteiger partial charge in [0, 0.05) is 12.1 Å². The summed E-state index contributed by atoms with van der Waals surface area (Å²) < 4.78 is 2.68. The molecule has 24 heavy (non-hydrogen) atoms. The first-order valence-electron chi connectivity index (χ1n) is 8.33. The Morgan fingerprint density at radius 3 is 2.92 bits per heavy atom. The summed E-state index contributed by atoms with van der Waals surface area (Å²) in [5.74, 6) is 0.369. The van der Waals surface area contributed by atoms with Crippen LogP contribution in [0.2, 0.25) is 0 Å². The molecule has 1 saturated carbocycles. The van der Waals surface area contributed by atoms with E-state index in [9.17, 15) is 4.79 Å². The number of hydrogen-bond acceptors (Lipinski definition) is 5. The second-order valence-corrected chi connectivity index (χ2v) is 7.24. The van der Waals surface area contributed by atoms with E-state index in [1.807, 2.05) is 30.5 Å². The number of nitrogens with zero attached hydrogens (tertiary/aromatic N) is 4. The van der Waals surface area contributed by atoms with Crippen molar-refractivity contribution in [2.75, 3.05) is 5.32 Å². The molecule has 1 fully saturated rings. The van der Waals surface area contributed by atoms with Crippen molar-refractivity contribution in [1.29, 1.82) is 0 Å². The topological polar surface area (TPSA) is 72.7 Å². The average molecular weight is 341 g/mol. The van der Waals surface area contributed by atoms with Gasteiger partial charge in [-0.2, -0.15) is 0 Å². The molecule has 0 unspecified atom stereocenters. The Balaban J connectivity index is 1.39. The maximum Gasteiger partial charge on any atom is 0.247 e. The van der Waals surface area contributed by atoms with E-state index in [-0.39, 0.29) is 12.5 Å². The third kappa shape index (κ3) is 3.31. The van der Waals surface area contributed by atoms with Crippen LogP contribution in [0.25, 0.3) is 10.2 Å². The number of anilines is 1. The number of aromatic nitrogens is 4. The van der Waals surface area contributed by atoms with Crippen LogP contribution in [-0.2, 0) is 11.3 Å². The molecule has 1 aliphatic rings. The number of thiazole rings is 1. The third-order valence-corrected chi connectivity index (χ3v) is 5.38. The molecule has 1 aromatic carbocycles. The van der Waals surface area contributed by atoms with Gasteiger partial charge in [-0.1, -0.05) is 47.9 Å². The molecule has 0 saturated heterocycles. The lowest BCUT2D eigenvalue weighted by atomic mass is 9.87. The normalized spacial score (nSPS) is 15.7. The second kappa shape index (κ2) is 6.68. The molecule has 0 bridgehead atoms. The first-order chi connectivity index (χ1) is 11.8. The van der Waals surface area contributed by atoms with Gasteiger partial charge in [0.2, 0.25) is 5.91 Å². The molecule has 7 heteroatoms. The zero-order chi connectivity index (χ0) is 16.4. The minimum absolute atomic E-state index is 0.130. The lowest BCUT2D eigenvalue weighted by molar-refractivity contribution is -0.116. The van der Waals surface area contributed by atoms with Crippen LogP contribution in [0.3, 0.4) is 0 Å². The third-order valence-electron chi connectivity index (χ3n) is 4.43.